The molecule has 0 radical (unpaired) electrons. The molecule has 18 heavy (non-hydrogen) atoms. The SMILES string of the molecule is Cc1ccc(F)cc1CNc1ccc(Br)cc1F. The molecule has 0 atom stereocenters. The van der Waals surface area contributed by atoms with Crippen LogP contribution >= 0.6 is 15.9 Å². The molecular weight excluding hydrogens is 300 g/mol. The number of rotatable bonds is 3. The molecule has 2 aromatic rings. The summed E-state index contributed by atoms with van der Waals surface area (Å²) in [6, 6.07) is 9.38. The maximum absolute atomic E-state index is 13.6. The number of nitrogens with one attached hydrogen (secondary N) is 1. The highest BCUT2D eigenvalue weighted by atomic mass is 79.9. The molecule has 0 unspecified atom stereocenters. The Labute approximate surface area is 113 Å². The number of halogens is 3. The predicted octanol–water partition coefficient (Wildman–Crippen LogP) is 4.65. The van der Waals surface area contributed by atoms with Crippen molar-refractivity contribution in [3.05, 3.63) is 63.6 Å². The second-order valence-corrected chi connectivity index (χ2v) is 4.96. The number of aryl methyl sites for hydroxylation is 1. The van der Waals surface area contributed by atoms with Gasteiger partial charge in [-0.3, -0.25) is 0 Å². The summed E-state index contributed by atoms with van der Waals surface area (Å²) in [6.07, 6.45) is 0. The van der Waals surface area contributed by atoms with Crippen LogP contribution in [0.3, 0.4) is 0 Å². The van der Waals surface area contributed by atoms with Crippen molar-refractivity contribution in [3.63, 3.8) is 0 Å². The largest absolute Gasteiger partial charge is 0.379 e. The lowest BCUT2D eigenvalue weighted by Crippen LogP contribution is -2.03. The van der Waals surface area contributed by atoms with Crippen LogP contribution < -0.4 is 5.32 Å². The molecule has 0 spiro atoms. The minimum Gasteiger partial charge on any atom is -0.379 e. The minimum atomic E-state index is -0.335. The van der Waals surface area contributed by atoms with E-state index in [4.69, 9.17) is 0 Å². The zero-order chi connectivity index (χ0) is 13.1. The van der Waals surface area contributed by atoms with Crippen LogP contribution in [0.25, 0.3) is 0 Å². The fourth-order valence-electron chi connectivity index (χ4n) is 1.65. The molecule has 0 aromatic heterocycles. The van der Waals surface area contributed by atoms with Gasteiger partial charge in [-0.1, -0.05) is 22.0 Å². The lowest BCUT2D eigenvalue weighted by molar-refractivity contribution is 0.624. The van der Waals surface area contributed by atoms with Gasteiger partial charge in [-0.2, -0.15) is 0 Å². The highest BCUT2D eigenvalue weighted by molar-refractivity contribution is 9.10. The normalized spacial score (nSPS) is 10.4. The summed E-state index contributed by atoms with van der Waals surface area (Å²) >= 11 is 3.20. The Hall–Kier alpha value is -1.42. The molecule has 0 heterocycles. The molecule has 2 rings (SSSR count). The third kappa shape index (κ3) is 3.07. The highest BCUT2D eigenvalue weighted by Gasteiger charge is 2.04. The van der Waals surface area contributed by atoms with Crippen LogP contribution in [-0.4, -0.2) is 0 Å². The Balaban J connectivity index is 2.13. The van der Waals surface area contributed by atoms with E-state index in [1.807, 2.05) is 6.92 Å². The fourth-order valence-corrected chi connectivity index (χ4v) is 1.99. The summed E-state index contributed by atoms with van der Waals surface area (Å²) in [7, 11) is 0. The van der Waals surface area contributed by atoms with Gasteiger partial charge in [0.05, 0.1) is 5.69 Å². The summed E-state index contributed by atoms with van der Waals surface area (Å²) in [5, 5.41) is 2.96. The van der Waals surface area contributed by atoms with E-state index in [9.17, 15) is 8.78 Å². The van der Waals surface area contributed by atoms with Gasteiger partial charge >= 0.3 is 0 Å². The van der Waals surface area contributed by atoms with E-state index < -0.39 is 0 Å². The Kier molecular flexibility index (Phi) is 3.97. The number of hydrogen-bond donors (Lipinski definition) is 1. The fraction of sp³-hybridized carbons (Fsp3) is 0.143. The molecule has 0 aliphatic heterocycles. The zero-order valence-electron chi connectivity index (χ0n) is 9.81. The standard InChI is InChI=1S/C14H12BrF2N/c1-9-2-4-12(16)6-10(9)8-18-14-5-3-11(15)7-13(14)17/h2-7,18H,8H2,1H3. The van der Waals surface area contributed by atoms with Gasteiger partial charge in [0, 0.05) is 11.0 Å². The van der Waals surface area contributed by atoms with Crippen molar-refractivity contribution in [1.82, 2.24) is 0 Å². The van der Waals surface area contributed by atoms with Gasteiger partial charge in [-0.05, 0) is 48.4 Å². The second-order valence-electron chi connectivity index (χ2n) is 4.05. The van der Waals surface area contributed by atoms with Crippen molar-refractivity contribution in [3.8, 4) is 0 Å². The van der Waals surface area contributed by atoms with Gasteiger partial charge in [0.1, 0.15) is 11.6 Å². The van der Waals surface area contributed by atoms with Crippen LogP contribution in [0.15, 0.2) is 40.9 Å². The van der Waals surface area contributed by atoms with Crippen LogP contribution in [0.4, 0.5) is 14.5 Å². The molecule has 94 valence electrons. The number of anilines is 1. The van der Waals surface area contributed by atoms with Crippen molar-refractivity contribution in [1.29, 1.82) is 0 Å². The second kappa shape index (κ2) is 5.48. The molecule has 0 aliphatic rings. The van der Waals surface area contributed by atoms with E-state index in [1.165, 1.54) is 18.2 Å². The van der Waals surface area contributed by atoms with E-state index >= 15 is 0 Å². The summed E-state index contributed by atoms with van der Waals surface area (Å²) in [5.41, 5.74) is 2.19. The third-order valence-electron chi connectivity index (χ3n) is 2.71. The summed E-state index contributed by atoms with van der Waals surface area (Å²) < 4.78 is 27.4. The maximum atomic E-state index is 13.6. The van der Waals surface area contributed by atoms with Gasteiger partial charge in [0.15, 0.2) is 0 Å². The first-order valence-corrected chi connectivity index (χ1v) is 6.29. The molecule has 0 bridgehead atoms. The zero-order valence-corrected chi connectivity index (χ0v) is 11.4. The Morgan fingerprint density at radius 3 is 2.61 bits per heavy atom. The van der Waals surface area contributed by atoms with Crippen molar-refractivity contribution in [2.75, 3.05) is 5.32 Å². The first-order valence-electron chi connectivity index (χ1n) is 5.50. The molecule has 0 amide bonds. The lowest BCUT2D eigenvalue weighted by Gasteiger charge is -2.10. The molecule has 0 saturated heterocycles. The van der Waals surface area contributed by atoms with E-state index in [0.29, 0.717) is 16.7 Å². The van der Waals surface area contributed by atoms with Crippen LogP contribution in [0.1, 0.15) is 11.1 Å². The summed E-state index contributed by atoms with van der Waals surface area (Å²) in [5.74, 6) is -0.618. The van der Waals surface area contributed by atoms with E-state index in [-0.39, 0.29) is 11.6 Å². The van der Waals surface area contributed by atoms with Crippen LogP contribution in [0, 0.1) is 18.6 Å². The van der Waals surface area contributed by atoms with Gasteiger partial charge < -0.3 is 5.32 Å². The first-order chi connectivity index (χ1) is 8.56. The van der Waals surface area contributed by atoms with Gasteiger partial charge in [0.2, 0.25) is 0 Å². The number of benzene rings is 2. The molecular formula is C14H12BrF2N. The van der Waals surface area contributed by atoms with Gasteiger partial charge in [0.25, 0.3) is 0 Å². The molecule has 1 N–H and O–H groups in total. The van der Waals surface area contributed by atoms with Crippen LogP contribution in [0.5, 0.6) is 0 Å². The van der Waals surface area contributed by atoms with E-state index in [2.05, 4.69) is 21.2 Å². The predicted molar refractivity (Wildman–Crippen MR) is 72.6 cm³/mol. The molecule has 0 saturated carbocycles. The summed E-state index contributed by atoms with van der Waals surface area (Å²) in [4.78, 5) is 0. The van der Waals surface area contributed by atoms with Crippen molar-refractivity contribution in [2.24, 2.45) is 0 Å². The summed E-state index contributed by atoms with van der Waals surface area (Å²) in [6.45, 7) is 2.29. The smallest absolute Gasteiger partial charge is 0.147 e. The molecule has 0 aliphatic carbocycles. The van der Waals surface area contributed by atoms with Crippen LogP contribution in [-0.2, 0) is 6.54 Å². The van der Waals surface area contributed by atoms with Crippen molar-refractivity contribution < 1.29 is 8.78 Å². The van der Waals surface area contributed by atoms with Gasteiger partial charge in [-0.15, -0.1) is 0 Å². The van der Waals surface area contributed by atoms with E-state index in [0.717, 1.165) is 11.1 Å². The number of hydrogen-bond acceptors (Lipinski definition) is 1. The Bertz CT molecular complexity index is 570. The average Bonchev–Trinajstić information content (AvgIpc) is 2.32. The third-order valence-corrected chi connectivity index (χ3v) is 3.20. The maximum Gasteiger partial charge on any atom is 0.147 e. The minimum absolute atomic E-state index is 0.284. The van der Waals surface area contributed by atoms with Crippen molar-refractivity contribution >= 4 is 21.6 Å². The molecule has 4 heteroatoms. The Morgan fingerprint density at radius 2 is 1.89 bits per heavy atom. The topological polar surface area (TPSA) is 12.0 Å². The highest BCUT2D eigenvalue weighted by Crippen LogP contribution is 2.20. The van der Waals surface area contributed by atoms with E-state index in [1.54, 1.807) is 18.2 Å². The van der Waals surface area contributed by atoms with Crippen molar-refractivity contribution in [2.45, 2.75) is 13.5 Å². The lowest BCUT2D eigenvalue weighted by atomic mass is 10.1. The Morgan fingerprint density at radius 1 is 1.11 bits per heavy atom. The average molecular weight is 312 g/mol. The van der Waals surface area contributed by atoms with Crippen LogP contribution in [0.2, 0.25) is 0 Å². The monoisotopic (exact) mass is 311 g/mol. The molecule has 0 fully saturated rings. The molecule has 2 aromatic carbocycles. The molecule has 1 nitrogen and oxygen atoms in total. The quantitative estimate of drug-likeness (QED) is 0.870. The van der Waals surface area contributed by atoms with Gasteiger partial charge in [-0.25, -0.2) is 8.78 Å². The first kappa shape index (κ1) is 13.0.